The Morgan fingerprint density at radius 1 is 1.30 bits per heavy atom. The summed E-state index contributed by atoms with van der Waals surface area (Å²) in [6.45, 7) is 2.11. The highest BCUT2D eigenvalue weighted by Gasteiger charge is 2.09. The summed E-state index contributed by atoms with van der Waals surface area (Å²) >= 11 is 5.90. The molecule has 0 saturated carbocycles. The van der Waals surface area contributed by atoms with E-state index in [1.807, 2.05) is 19.1 Å². The van der Waals surface area contributed by atoms with Crippen molar-refractivity contribution in [2.45, 2.75) is 6.92 Å². The fourth-order valence-electron chi connectivity index (χ4n) is 1.69. The zero-order chi connectivity index (χ0) is 14.5. The van der Waals surface area contributed by atoms with E-state index < -0.39 is 0 Å². The number of rotatable bonds is 4. The van der Waals surface area contributed by atoms with Crippen molar-refractivity contribution in [2.24, 2.45) is 0 Å². The number of aromatic nitrogens is 2. The highest BCUT2D eigenvalue weighted by Crippen LogP contribution is 2.15. The predicted molar refractivity (Wildman–Crippen MR) is 80.1 cm³/mol. The molecule has 1 N–H and O–H groups in total. The first-order valence-corrected chi connectivity index (χ1v) is 6.47. The van der Waals surface area contributed by atoms with Crippen LogP contribution in [0.25, 0.3) is 0 Å². The standard InChI is InChI=1S/C14H15ClN4O/c1-10-3-5-16-12(7-10)18-14(20)9-19(2)13-8-11(15)4-6-17-13/h3-8H,9H2,1-2H3,(H,16,18,20). The van der Waals surface area contributed by atoms with Gasteiger partial charge in [-0.05, 0) is 36.8 Å². The molecule has 0 atom stereocenters. The number of pyridine rings is 2. The van der Waals surface area contributed by atoms with Crippen molar-refractivity contribution < 1.29 is 4.79 Å². The zero-order valence-electron chi connectivity index (χ0n) is 11.3. The molecular formula is C14H15ClN4O. The van der Waals surface area contributed by atoms with Gasteiger partial charge in [0.1, 0.15) is 11.6 Å². The zero-order valence-corrected chi connectivity index (χ0v) is 12.1. The lowest BCUT2D eigenvalue weighted by atomic mass is 10.3. The average Bonchev–Trinajstić information content (AvgIpc) is 2.38. The van der Waals surface area contributed by atoms with Crippen LogP contribution >= 0.6 is 11.6 Å². The van der Waals surface area contributed by atoms with E-state index in [1.54, 1.807) is 36.5 Å². The van der Waals surface area contributed by atoms with Crippen LogP contribution in [-0.2, 0) is 4.79 Å². The van der Waals surface area contributed by atoms with Gasteiger partial charge in [0, 0.05) is 24.5 Å². The second-order valence-electron chi connectivity index (χ2n) is 4.45. The molecule has 2 aromatic rings. The summed E-state index contributed by atoms with van der Waals surface area (Å²) in [6.07, 6.45) is 3.27. The summed E-state index contributed by atoms with van der Waals surface area (Å²) in [5, 5.41) is 3.33. The lowest BCUT2D eigenvalue weighted by molar-refractivity contribution is -0.114. The molecule has 0 radical (unpaired) electrons. The molecule has 2 rings (SSSR count). The van der Waals surface area contributed by atoms with Crippen LogP contribution in [0.2, 0.25) is 5.02 Å². The number of anilines is 2. The minimum absolute atomic E-state index is 0.160. The van der Waals surface area contributed by atoms with Gasteiger partial charge in [-0.25, -0.2) is 9.97 Å². The highest BCUT2D eigenvalue weighted by molar-refractivity contribution is 6.30. The Balaban J connectivity index is 1.97. The summed E-state index contributed by atoms with van der Waals surface area (Å²) in [4.78, 5) is 21.9. The maximum Gasteiger partial charge on any atom is 0.245 e. The van der Waals surface area contributed by atoms with Gasteiger partial charge >= 0.3 is 0 Å². The number of amides is 1. The molecule has 0 fully saturated rings. The number of aryl methyl sites for hydroxylation is 1. The molecule has 20 heavy (non-hydrogen) atoms. The number of hydrogen-bond acceptors (Lipinski definition) is 4. The van der Waals surface area contributed by atoms with Gasteiger partial charge in [0.05, 0.1) is 6.54 Å². The molecule has 2 heterocycles. The van der Waals surface area contributed by atoms with Crippen molar-refractivity contribution >= 4 is 29.1 Å². The fourth-order valence-corrected chi connectivity index (χ4v) is 1.84. The third-order valence-corrected chi connectivity index (χ3v) is 2.90. The van der Waals surface area contributed by atoms with Crippen LogP contribution in [0, 0.1) is 6.92 Å². The minimum atomic E-state index is -0.160. The number of nitrogens with one attached hydrogen (secondary N) is 1. The van der Waals surface area contributed by atoms with E-state index in [4.69, 9.17) is 11.6 Å². The molecule has 0 aliphatic rings. The smallest absolute Gasteiger partial charge is 0.245 e. The van der Waals surface area contributed by atoms with E-state index in [0.717, 1.165) is 5.56 Å². The van der Waals surface area contributed by atoms with Crippen LogP contribution in [0.3, 0.4) is 0 Å². The molecule has 0 aliphatic carbocycles. The Kier molecular flexibility index (Phi) is 4.53. The molecule has 0 bridgehead atoms. The van der Waals surface area contributed by atoms with Crippen molar-refractivity contribution in [1.29, 1.82) is 0 Å². The second kappa shape index (κ2) is 6.34. The molecule has 0 spiro atoms. The molecular weight excluding hydrogens is 276 g/mol. The van der Waals surface area contributed by atoms with Crippen molar-refractivity contribution in [3.8, 4) is 0 Å². The van der Waals surface area contributed by atoms with Gasteiger partial charge in [-0.15, -0.1) is 0 Å². The van der Waals surface area contributed by atoms with Crippen LogP contribution < -0.4 is 10.2 Å². The van der Waals surface area contributed by atoms with Gasteiger partial charge in [0.25, 0.3) is 0 Å². The lowest BCUT2D eigenvalue weighted by Crippen LogP contribution is -2.30. The van der Waals surface area contributed by atoms with E-state index in [1.165, 1.54) is 0 Å². The Bertz CT molecular complexity index is 618. The predicted octanol–water partition coefficient (Wildman–Crippen LogP) is 2.51. The lowest BCUT2D eigenvalue weighted by Gasteiger charge is -2.17. The van der Waals surface area contributed by atoms with Crippen molar-refractivity contribution in [2.75, 3.05) is 23.8 Å². The van der Waals surface area contributed by atoms with E-state index >= 15 is 0 Å². The Hall–Kier alpha value is -2.14. The molecule has 0 aromatic carbocycles. The molecule has 2 aromatic heterocycles. The maximum absolute atomic E-state index is 11.9. The first-order valence-electron chi connectivity index (χ1n) is 6.10. The SMILES string of the molecule is Cc1ccnc(NC(=O)CN(C)c2cc(Cl)ccn2)c1. The molecule has 0 unspecified atom stereocenters. The van der Waals surface area contributed by atoms with Crippen LogP contribution in [0.5, 0.6) is 0 Å². The Morgan fingerprint density at radius 2 is 2.05 bits per heavy atom. The second-order valence-corrected chi connectivity index (χ2v) is 4.89. The number of carbonyl (C=O) groups excluding carboxylic acids is 1. The van der Waals surface area contributed by atoms with Gasteiger partial charge in [-0.3, -0.25) is 4.79 Å². The molecule has 104 valence electrons. The monoisotopic (exact) mass is 290 g/mol. The van der Waals surface area contributed by atoms with Crippen LogP contribution in [-0.4, -0.2) is 29.5 Å². The van der Waals surface area contributed by atoms with Crippen LogP contribution in [0.1, 0.15) is 5.56 Å². The number of hydrogen-bond donors (Lipinski definition) is 1. The third kappa shape index (κ3) is 3.93. The van der Waals surface area contributed by atoms with Gasteiger partial charge in [0.15, 0.2) is 0 Å². The summed E-state index contributed by atoms with van der Waals surface area (Å²) in [5.74, 6) is 1.03. The summed E-state index contributed by atoms with van der Waals surface area (Å²) < 4.78 is 0. The van der Waals surface area contributed by atoms with Crippen molar-refractivity contribution in [3.63, 3.8) is 0 Å². The summed E-state index contributed by atoms with van der Waals surface area (Å²) in [5.41, 5.74) is 1.04. The van der Waals surface area contributed by atoms with E-state index in [9.17, 15) is 4.79 Å². The third-order valence-electron chi connectivity index (χ3n) is 2.66. The number of carbonyl (C=O) groups is 1. The first-order chi connectivity index (χ1) is 9.54. The maximum atomic E-state index is 11.9. The topological polar surface area (TPSA) is 58.1 Å². The normalized spacial score (nSPS) is 10.2. The average molecular weight is 291 g/mol. The molecule has 0 saturated heterocycles. The Morgan fingerprint density at radius 3 is 2.75 bits per heavy atom. The van der Waals surface area contributed by atoms with E-state index in [-0.39, 0.29) is 12.5 Å². The van der Waals surface area contributed by atoms with E-state index in [2.05, 4.69) is 15.3 Å². The van der Waals surface area contributed by atoms with Gasteiger partial charge in [-0.1, -0.05) is 11.6 Å². The van der Waals surface area contributed by atoms with Gasteiger partial charge < -0.3 is 10.2 Å². The van der Waals surface area contributed by atoms with Crippen LogP contribution in [0.15, 0.2) is 36.7 Å². The fraction of sp³-hybridized carbons (Fsp3) is 0.214. The molecule has 1 amide bonds. The van der Waals surface area contributed by atoms with Gasteiger partial charge in [0.2, 0.25) is 5.91 Å². The first kappa shape index (κ1) is 14.3. The van der Waals surface area contributed by atoms with E-state index in [0.29, 0.717) is 16.7 Å². The minimum Gasteiger partial charge on any atom is -0.350 e. The quantitative estimate of drug-likeness (QED) is 0.940. The van der Waals surface area contributed by atoms with Crippen molar-refractivity contribution in [3.05, 3.63) is 47.2 Å². The number of nitrogens with zero attached hydrogens (tertiary/aromatic N) is 3. The van der Waals surface area contributed by atoms with Crippen molar-refractivity contribution in [1.82, 2.24) is 9.97 Å². The summed E-state index contributed by atoms with van der Waals surface area (Å²) in [7, 11) is 1.78. The molecule has 0 aliphatic heterocycles. The number of halogens is 1. The Labute approximate surface area is 122 Å². The highest BCUT2D eigenvalue weighted by atomic mass is 35.5. The largest absolute Gasteiger partial charge is 0.350 e. The molecule has 5 nitrogen and oxygen atoms in total. The molecule has 6 heteroatoms. The number of likely N-dealkylation sites (N-methyl/N-ethyl adjacent to an activating group) is 1. The summed E-state index contributed by atoms with van der Waals surface area (Å²) in [6, 6.07) is 7.09. The van der Waals surface area contributed by atoms with Gasteiger partial charge in [-0.2, -0.15) is 0 Å². The van der Waals surface area contributed by atoms with Crippen LogP contribution in [0.4, 0.5) is 11.6 Å².